The van der Waals surface area contributed by atoms with E-state index in [1.165, 1.54) is 0 Å². The van der Waals surface area contributed by atoms with Crippen LogP contribution in [0.1, 0.15) is 5.56 Å². The van der Waals surface area contributed by atoms with Gasteiger partial charge in [-0.3, -0.25) is 0 Å². The lowest BCUT2D eigenvalue weighted by molar-refractivity contribution is 0.0950. The number of ether oxygens (including phenoxy) is 1. The summed E-state index contributed by atoms with van der Waals surface area (Å²) in [7, 11) is 1.59. The lowest BCUT2D eigenvalue weighted by Crippen LogP contribution is -2.15. The molecule has 0 radical (unpaired) electrons. The van der Waals surface area contributed by atoms with E-state index in [4.69, 9.17) is 9.84 Å². The predicted molar refractivity (Wildman–Crippen MR) is 49.8 cm³/mol. The predicted octanol–water partition coefficient (Wildman–Crippen LogP) is 0.591. The third-order valence-electron chi connectivity index (χ3n) is 1.86. The highest BCUT2D eigenvalue weighted by atomic mass is 16.5. The van der Waals surface area contributed by atoms with Crippen molar-refractivity contribution in [1.82, 2.24) is 0 Å². The molecule has 1 aromatic rings. The number of para-hydroxylation sites is 1. The van der Waals surface area contributed by atoms with Crippen LogP contribution in [0.5, 0.6) is 5.75 Å². The molecule has 0 saturated heterocycles. The number of methoxy groups -OCH3 is 1. The molecule has 13 heavy (non-hydrogen) atoms. The Bertz CT molecular complexity index is 260. The topological polar surface area (TPSA) is 49.7 Å². The Kier molecular flexibility index (Phi) is 3.73. The fraction of sp³-hybridized carbons (Fsp3) is 0.400. The Hall–Kier alpha value is -1.06. The fourth-order valence-electron chi connectivity index (χ4n) is 1.19. The van der Waals surface area contributed by atoms with Crippen LogP contribution >= 0.6 is 0 Å². The van der Waals surface area contributed by atoms with E-state index in [9.17, 15) is 5.11 Å². The molecule has 1 rings (SSSR count). The van der Waals surface area contributed by atoms with Gasteiger partial charge in [-0.25, -0.2) is 0 Å². The number of hydrogen-bond acceptors (Lipinski definition) is 3. The number of aliphatic hydroxyl groups is 2. The van der Waals surface area contributed by atoms with Gasteiger partial charge in [0.25, 0.3) is 0 Å². The molecule has 0 aliphatic heterocycles. The molecule has 72 valence electrons. The zero-order valence-corrected chi connectivity index (χ0v) is 7.60. The molecule has 0 heterocycles. The van der Waals surface area contributed by atoms with E-state index in [0.717, 1.165) is 11.3 Å². The van der Waals surface area contributed by atoms with Gasteiger partial charge >= 0.3 is 0 Å². The summed E-state index contributed by atoms with van der Waals surface area (Å²) in [6.07, 6.45) is -0.295. The van der Waals surface area contributed by atoms with Crippen molar-refractivity contribution in [2.24, 2.45) is 0 Å². The molecule has 0 saturated carbocycles. The van der Waals surface area contributed by atoms with Crippen LogP contribution in [0.25, 0.3) is 0 Å². The summed E-state index contributed by atoms with van der Waals surface area (Å²) in [5.41, 5.74) is 0.909. The van der Waals surface area contributed by atoms with Gasteiger partial charge in [-0.1, -0.05) is 18.2 Å². The average molecular weight is 182 g/mol. The van der Waals surface area contributed by atoms with E-state index in [0.29, 0.717) is 6.42 Å². The van der Waals surface area contributed by atoms with E-state index in [1.807, 2.05) is 24.3 Å². The quantitative estimate of drug-likeness (QED) is 0.716. The molecule has 0 aliphatic rings. The van der Waals surface area contributed by atoms with Gasteiger partial charge in [0.2, 0.25) is 0 Å². The molecular weight excluding hydrogens is 168 g/mol. The van der Waals surface area contributed by atoms with Crippen LogP contribution in [0.4, 0.5) is 0 Å². The van der Waals surface area contributed by atoms with Crippen LogP contribution < -0.4 is 4.74 Å². The molecule has 3 heteroatoms. The summed E-state index contributed by atoms with van der Waals surface area (Å²) in [6, 6.07) is 7.45. The van der Waals surface area contributed by atoms with E-state index < -0.39 is 6.10 Å². The van der Waals surface area contributed by atoms with E-state index >= 15 is 0 Å². The van der Waals surface area contributed by atoms with Crippen molar-refractivity contribution in [3.63, 3.8) is 0 Å². The lowest BCUT2D eigenvalue weighted by Gasteiger charge is -2.10. The molecule has 1 atom stereocenters. The third-order valence-corrected chi connectivity index (χ3v) is 1.86. The van der Waals surface area contributed by atoms with E-state index in [2.05, 4.69) is 0 Å². The summed E-state index contributed by atoms with van der Waals surface area (Å²) in [6.45, 7) is -0.224. The zero-order chi connectivity index (χ0) is 9.68. The third kappa shape index (κ3) is 2.72. The van der Waals surface area contributed by atoms with Gasteiger partial charge < -0.3 is 14.9 Å². The molecule has 2 N–H and O–H groups in total. The Labute approximate surface area is 77.6 Å². The molecule has 0 fully saturated rings. The maximum absolute atomic E-state index is 9.23. The Morgan fingerprint density at radius 2 is 2.08 bits per heavy atom. The van der Waals surface area contributed by atoms with Crippen LogP contribution in [0.2, 0.25) is 0 Å². The number of hydrogen-bond donors (Lipinski definition) is 2. The summed E-state index contributed by atoms with van der Waals surface area (Å²) in [5.74, 6) is 0.745. The number of aliphatic hydroxyl groups excluding tert-OH is 2. The number of rotatable bonds is 4. The van der Waals surface area contributed by atoms with E-state index in [-0.39, 0.29) is 6.61 Å². The maximum Gasteiger partial charge on any atom is 0.122 e. The Balaban J connectivity index is 2.74. The van der Waals surface area contributed by atoms with Gasteiger partial charge in [-0.15, -0.1) is 0 Å². The second-order valence-corrected chi connectivity index (χ2v) is 2.85. The van der Waals surface area contributed by atoms with Crippen molar-refractivity contribution in [1.29, 1.82) is 0 Å². The van der Waals surface area contributed by atoms with Crippen LogP contribution in [-0.4, -0.2) is 30.0 Å². The van der Waals surface area contributed by atoms with Gasteiger partial charge in [-0.05, 0) is 11.6 Å². The van der Waals surface area contributed by atoms with Crippen LogP contribution in [0.3, 0.4) is 0 Å². The second kappa shape index (κ2) is 4.84. The fourth-order valence-corrected chi connectivity index (χ4v) is 1.19. The molecule has 3 nitrogen and oxygen atoms in total. The summed E-state index contributed by atoms with van der Waals surface area (Å²) >= 11 is 0. The lowest BCUT2D eigenvalue weighted by atomic mass is 10.1. The monoisotopic (exact) mass is 182 g/mol. The van der Waals surface area contributed by atoms with Crippen molar-refractivity contribution >= 4 is 0 Å². The van der Waals surface area contributed by atoms with Crippen molar-refractivity contribution < 1.29 is 14.9 Å². The molecule has 0 amide bonds. The first kappa shape index (κ1) is 10.0. The molecule has 0 bridgehead atoms. The highest BCUT2D eigenvalue weighted by molar-refractivity contribution is 5.33. The molecule has 1 aromatic carbocycles. The van der Waals surface area contributed by atoms with Gasteiger partial charge in [0.15, 0.2) is 0 Å². The SMILES string of the molecule is COc1ccccc1C[C@@H](O)CO. The summed E-state index contributed by atoms with van der Waals surface area (Å²) in [5, 5.41) is 17.9. The minimum Gasteiger partial charge on any atom is -0.496 e. The molecular formula is C10H14O3. The first-order chi connectivity index (χ1) is 6.27. The largest absolute Gasteiger partial charge is 0.496 e. The first-order valence-electron chi connectivity index (χ1n) is 4.18. The molecule has 0 aromatic heterocycles. The molecule has 0 aliphatic carbocycles. The van der Waals surface area contributed by atoms with E-state index in [1.54, 1.807) is 7.11 Å². The van der Waals surface area contributed by atoms with Gasteiger partial charge in [0.1, 0.15) is 5.75 Å². The minimum absolute atomic E-state index is 0.224. The minimum atomic E-state index is -0.712. The summed E-state index contributed by atoms with van der Waals surface area (Å²) in [4.78, 5) is 0. The average Bonchev–Trinajstić information content (AvgIpc) is 2.18. The van der Waals surface area contributed by atoms with Crippen molar-refractivity contribution in [3.8, 4) is 5.75 Å². The van der Waals surface area contributed by atoms with Gasteiger partial charge in [0.05, 0.1) is 19.8 Å². The second-order valence-electron chi connectivity index (χ2n) is 2.85. The van der Waals surface area contributed by atoms with Gasteiger partial charge in [-0.2, -0.15) is 0 Å². The maximum atomic E-state index is 9.23. The Morgan fingerprint density at radius 1 is 1.38 bits per heavy atom. The molecule has 0 unspecified atom stereocenters. The number of benzene rings is 1. The molecule has 0 spiro atoms. The standard InChI is InChI=1S/C10H14O3/c1-13-10-5-3-2-4-8(10)6-9(12)7-11/h2-5,9,11-12H,6-7H2,1H3/t9-/m1/s1. The van der Waals surface area contributed by atoms with Crippen LogP contribution in [0.15, 0.2) is 24.3 Å². The first-order valence-corrected chi connectivity index (χ1v) is 4.18. The highest BCUT2D eigenvalue weighted by Crippen LogP contribution is 2.18. The highest BCUT2D eigenvalue weighted by Gasteiger charge is 2.07. The normalized spacial score (nSPS) is 12.5. The van der Waals surface area contributed by atoms with Crippen molar-refractivity contribution in [2.75, 3.05) is 13.7 Å². The Morgan fingerprint density at radius 3 is 2.69 bits per heavy atom. The van der Waals surface area contributed by atoms with Crippen molar-refractivity contribution in [2.45, 2.75) is 12.5 Å². The summed E-state index contributed by atoms with van der Waals surface area (Å²) < 4.78 is 5.10. The van der Waals surface area contributed by atoms with Crippen LogP contribution in [-0.2, 0) is 6.42 Å². The van der Waals surface area contributed by atoms with Crippen molar-refractivity contribution in [3.05, 3.63) is 29.8 Å². The van der Waals surface area contributed by atoms with Crippen LogP contribution in [0, 0.1) is 0 Å². The van der Waals surface area contributed by atoms with Gasteiger partial charge in [0, 0.05) is 6.42 Å². The smallest absolute Gasteiger partial charge is 0.122 e. The zero-order valence-electron chi connectivity index (χ0n) is 7.60.